The number of piperidine rings is 1. The number of hydrogen-bond acceptors (Lipinski definition) is 4. The highest BCUT2D eigenvalue weighted by Gasteiger charge is 2.44. The third-order valence-electron chi connectivity index (χ3n) is 5.68. The second kappa shape index (κ2) is 7.54. The van der Waals surface area contributed by atoms with Crippen LogP contribution in [0, 0.1) is 6.92 Å². The van der Waals surface area contributed by atoms with E-state index in [2.05, 4.69) is 0 Å². The number of carbonyl (C=O) groups excluding carboxylic acids is 2. The molecule has 0 unspecified atom stereocenters. The van der Waals surface area contributed by atoms with E-state index in [1.807, 2.05) is 25.1 Å². The smallest absolute Gasteiger partial charge is 0.259 e. The molecular weight excluding hydrogens is 413 g/mol. The lowest BCUT2D eigenvalue weighted by Gasteiger charge is -2.44. The molecule has 1 amide bonds. The molecule has 2 aliphatic heterocycles. The SMILES string of the molecule is COc1c(Cl)ccc(Cl)c1C(=O)N1CCC2(CC1)CC(=O)c1cc(C)ccc1O2. The molecule has 2 heterocycles. The summed E-state index contributed by atoms with van der Waals surface area (Å²) in [5.74, 6) is 0.765. The number of hydrogen-bond donors (Lipinski definition) is 0. The fourth-order valence-corrected chi connectivity index (χ4v) is 4.56. The summed E-state index contributed by atoms with van der Waals surface area (Å²) >= 11 is 12.4. The monoisotopic (exact) mass is 433 g/mol. The van der Waals surface area contributed by atoms with Crippen molar-refractivity contribution in [3.8, 4) is 11.5 Å². The zero-order valence-corrected chi connectivity index (χ0v) is 17.8. The van der Waals surface area contributed by atoms with E-state index in [9.17, 15) is 9.59 Å². The maximum absolute atomic E-state index is 13.1. The molecule has 0 saturated carbocycles. The molecule has 2 aliphatic rings. The van der Waals surface area contributed by atoms with Crippen LogP contribution in [-0.4, -0.2) is 42.4 Å². The molecule has 0 aromatic heterocycles. The van der Waals surface area contributed by atoms with Crippen LogP contribution < -0.4 is 9.47 Å². The molecule has 1 saturated heterocycles. The first-order chi connectivity index (χ1) is 13.8. The van der Waals surface area contributed by atoms with Gasteiger partial charge in [-0.15, -0.1) is 0 Å². The Morgan fingerprint density at radius 2 is 1.83 bits per heavy atom. The van der Waals surface area contributed by atoms with Crippen molar-refractivity contribution in [3.63, 3.8) is 0 Å². The standard InChI is InChI=1S/C22H21Cl2NO4/c1-13-3-6-18-14(11-13)17(26)12-22(29-18)7-9-25(10-8-22)21(27)19-15(23)4-5-16(24)20(19)28-2/h3-6,11H,7-10,12H2,1-2H3. The minimum Gasteiger partial charge on any atom is -0.494 e. The fourth-order valence-electron chi connectivity index (χ4n) is 4.09. The molecule has 0 N–H and O–H groups in total. The van der Waals surface area contributed by atoms with E-state index in [0.29, 0.717) is 53.7 Å². The Kier molecular flexibility index (Phi) is 5.21. The molecule has 5 nitrogen and oxygen atoms in total. The van der Waals surface area contributed by atoms with Gasteiger partial charge in [0.1, 0.15) is 16.9 Å². The summed E-state index contributed by atoms with van der Waals surface area (Å²) in [6.07, 6.45) is 1.46. The molecule has 4 rings (SSSR count). The minimum atomic E-state index is -0.571. The number of halogens is 2. The van der Waals surface area contributed by atoms with Gasteiger partial charge in [0, 0.05) is 25.9 Å². The Morgan fingerprint density at radius 1 is 1.14 bits per heavy atom. The molecule has 0 radical (unpaired) electrons. The van der Waals surface area contributed by atoms with Gasteiger partial charge in [-0.05, 0) is 31.2 Å². The lowest BCUT2D eigenvalue weighted by molar-refractivity contribution is -0.00577. The molecular formula is C22H21Cl2NO4. The van der Waals surface area contributed by atoms with Gasteiger partial charge >= 0.3 is 0 Å². The summed E-state index contributed by atoms with van der Waals surface area (Å²) in [4.78, 5) is 27.5. The molecule has 29 heavy (non-hydrogen) atoms. The van der Waals surface area contributed by atoms with Crippen molar-refractivity contribution in [2.75, 3.05) is 20.2 Å². The number of Topliss-reactive ketones (excluding diaryl/α,β-unsaturated/α-hetero) is 1. The number of aryl methyl sites for hydroxylation is 1. The first kappa shape index (κ1) is 20.0. The van der Waals surface area contributed by atoms with E-state index in [0.717, 1.165) is 5.56 Å². The van der Waals surface area contributed by atoms with Crippen molar-refractivity contribution < 1.29 is 19.1 Å². The van der Waals surface area contributed by atoms with Gasteiger partial charge in [-0.3, -0.25) is 9.59 Å². The van der Waals surface area contributed by atoms with E-state index in [1.54, 1.807) is 17.0 Å². The van der Waals surface area contributed by atoms with Crippen molar-refractivity contribution in [1.29, 1.82) is 0 Å². The minimum absolute atomic E-state index is 0.0919. The first-order valence-corrected chi connectivity index (χ1v) is 10.2. The highest BCUT2D eigenvalue weighted by molar-refractivity contribution is 6.37. The quantitative estimate of drug-likeness (QED) is 0.671. The molecule has 0 bridgehead atoms. The van der Waals surface area contributed by atoms with Crippen LogP contribution in [0.1, 0.15) is 45.5 Å². The number of benzene rings is 2. The van der Waals surface area contributed by atoms with Gasteiger partial charge in [0.25, 0.3) is 5.91 Å². The summed E-state index contributed by atoms with van der Waals surface area (Å²) in [7, 11) is 1.46. The lowest BCUT2D eigenvalue weighted by atomic mass is 9.82. The number of ketones is 1. The van der Waals surface area contributed by atoms with Gasteiger partial charge < -0.3 is 14.4 Å². The first-order valence-electron chi connectivity index (χ1n) is 9.48. The lowest BCUT2D eigenvalue weighted by Crippen LogP contribution is -2.52. The van der Waals surface area contributed by atoms with Gasteiger partial charge in [0.15, 0.2) is 11.5 Å². The van der Waals surface area contributed by atoms with Crippen molar-refractivity contribution in [3.05, 3.63) is 57.1 Å². The Morgan fingerprint density at radius 3 is 2.52 bits per heavy atom. The summed E-state index contributed by atoms with van der Waals surface area (Å²) in [6, 6.07) is 8.86. The molecule has 0 atom stereocenters. The predicted octanol–water partition coefficient (Wildman–Crippen LogP) is 4.95. The summed E-state index contributed by atoms with van der Waals surface area (Å²) in [6.45, 7) is 2.87. The molecule has 0 aliphatic carbocycles. The van der Waals surface area contributed by atoms with Gasteiger partial charge in [-0.1, -0.05) is 34.8 Å². The van der Waals surface area contributed by atoms with Gasteiger partial charge in [-0.25, -0.2) is 0 Å². The zero-order chi connectivity index (χ0) is 20.8. The maximum Gasteiger partial charge on any atom is 0.259 e. The van der Waals surface area contributed by atoms with E-state index in [1.165, 1.54) is 7.11 Å². The Hall–Kier alpha value is -2.24. The van der Waals surface area contributed by atoms with Crippen LogP contribution in [0.15, 0.2) is 30.3 Å². The van der Waals surface area contributed by atoms with Crippen molar-refractivity contribution in [2.45, 2.75) is 31.8 Å². The topological polar surface area (TPSA) is 55.8 Å². The molecule has 2 aromatic rings. The maximum atomic E-state index is 13.1. The van der Waals surface area contributed by atoms with Crippen LogP contribution in [0.2, 0.25) is 10.0 Å². The largest absolute Gasteiger partial charge is 0.494 e. The molecule has 2 aromatic carbocycles. The summed E-state index contributed by atoms with van der Waals surface area (Å²) < 4.78 is 11.6. The average molecular weight is 434 g/mol. The average Bonchev–Trinajstić information content (AvgIpc) is 2.70. The summed E-state index contributed by atoms with van der Waals surface area (Å²) in [5, 5.41) is 0.631. The van der Waals surface area contributed by atoms with Crippen LogP contribution in [0.5, 0.6) is 11.5 Å². The van der Waals surface area contributed by atoms with Crippen LogP contribution in [-0.2, 0) is 0 Å². The zero-order valence-electron chi connectivity index (χ0n) is 16.3. The number of rotatable bonds is 2. The normalized spacial score (nSPS) is 17.7. The van der Waals surface area contributed by atoms with Crippen molar-refractivity contribution in [2.24, 2.45) is 0 Å². The number of methoxy groups -OCH3 is 1. The van der Waals surface area contributed by atoms with E-state index in [4.69, 9.17) is 32.7 Å². The Balaban J connectivity index is 1.53. The fraction of sp³-hybridized carbons (Fsp3) is 0.364. The summed E-state index contributed by atoms with van der Waals surface area (Å²) in [5.41, 5.74) is 1.37. The molecule has 1 fully saturated rings. The van der Waals surface area contributed by atoms with E-state index in [-0.39, 0.29) is 23.0 Å². The van der Waals surface area contributed by atoms with Crippen molar-refractivity contribution in [1.82, 2.24) is 4.90 Å². The number of nitrogens with zero attached hydrogens (tertiary/aromatic N) is 1. The predicted molar refractivity (Wildman–Crippen MR) is 112 cm³/mol. The van der Waals surface area contributed by atoms with Crippen LogP contribution in [0.25, 0.3) is 0 Å². The van der Waals surface area contributed by atoms with Crippen molar-refractivity contribution >= 4 is 34.9 Å². The number of amides is 1. The molecule has 7 heteroatoms. The van der Waals surface area contributed by atoms with Gasteiger partial charge in [0.2, 0.25) is 0 Å². The second-order valence-electron chi connectivity index (χ2n) is 7.61. The van der Waals surface area contributed by atoms with Crippen LogP contribution in [0.3, 0.4) is 0 Å². The number of likely N-dealkylation sites (tertiary alicyclic amines) is 1. The van der Waals surface area contributed by atoms with Crippen LogP contribution >= 0.6 is 23.2 Å². The number of fused-ring (bicyclic) bond motifs is 1. The third-order valence-corrected chi connectivity index (χ3v) is 6.30. The highest BCUT2D eigenvalue weighted by Crippen LogP contribution is 2.41. The third kappa shape index (κ3) is 3.58. The van der Waals surface area contributed by atoms with E-state index < -0.39 is 5.60 Å². The second-order valence-corrected chi connectivity index (χ2v) is 8.43. The number of ether oxygens (including phenoxy) is 2. The Labute approximate surface area is 179 Å². The van der Waals surface area contributed by atoms with Gasteiger partial charge in [-0.2, -0.15) is 0 Å². The molecule has 1 spiro atoms. The van der Waals surface area contributed by atoms with Crippen LogP contribution in [0.4, 0.5) is 0 Å². The van der Waals surface area contributed by atoms with Gasteiger partial charge in [0.05, 0.1) is 29.1 Å². The highest BCUT2D eigenvalue weighted by atomic mass is 35.5. The molecule has 152 valence electrons. The number of carbonyl (C=O) groups is 2. The van der Waals surface area contributed by atoms with E-state index >= 15 is 0 Å². The Bertz CT molecular complexity index is 997.